The van der Waals surface area contributed by atoms with E-state index in [9.17, 15) is 5.11 Å². The number of ether oxygens (including phenoxy) is 2. The summed E-state index contributed by atoms with van der Waals surface area (Å²) in [5.41, 5.74) is 5.97. The van der Waals surface area contributed by atoms with Gasteiger partial charge in [0.25, 0.3) is 0 Å². The largest absolute Gasteiger partial charge is 0.506 e. The van der Waals surface area contributed by atoms with Gasteiger partial charge in [-0.05, 0) is 0 Å². The number of phenolic OH excluding ortho intramolecular Hbond substituents is 1. The lowest BCUT2D eigenvalue weighted by Crippen LogP contribution is -2.21. The number of rotatable bonds is 2. The van der Waals surface area contributed by atoms with Gasteiger partial charge in [0.2, 0.25) is 0 Å². The Labute approximate surface area is 97.3 Å². The Morgan fingerprint density at radius 2 is 2.12 bits per heavy atom. The Kier molecular flexibility index (Phi) is 3.09. The summed E-state index contributed by atoms with van der Waals surface area (Å²) in [6, 6.07) is 0.716. The first kappa shape index (κ1) is 11.3. The first-order chi connectivity index (χ1) is 7.65. The molecule has 1 atom stereocenters. The highest BCUT2D eigenvalue weighted by Crippen LogP contribution is 2.45. The Morgan fingerprint density at radius 1 is 1.44 bits per heavy atom. The molecule has 1 heterocycles. The zero-order valence-corrected chi connectivity index (χ0v) is 9.20. The van der Waals surface area contributed by atoms with Crippen LogP contribution in [0.25, 0.3) is 0 Å². The SMILES string of the molecule is NC(CO)c1c(O)c(Cl)cc2c1OCCO2. The molecule has 0 amide bonds. The molecule has 5 nitrogen and oxygen atoms in total. The molecule has 1 aliphatic rings. The third-order valence-electron chi connectivity index (χ3n) is 2.36. The van der Waals surface area contributed by atoms with E-state index in [1.54, 1.807) is 0 Å². The molecule has 16 heavy (non-hydrogen) atoms. The van der Waals surface area contributed by atoms with Gasteiger partial charge in [0.15, 0.2) is 11.5 Å². The number of phenols is 1. The fourth-order valence-corrected chi connectivity index (χ4v) is 1.81. The first-order valence-corrected chi connectivity index (χ1v) is 5.20. The Morgan fingerprint density at radius 3 is 2.81 bits per heavy atom. The van der Waals surface area contributed by atoms with Gasteiger partial charge in [-0.2, -0.15) is 0 Å². The van der Waals surface area contributed by atoms with Gasteiger partial charge in [-0.1, -0.05) is 11.6 Å². The first-order valence-electron chi connectivity index (χ1n) is 4.82. The van der Waals surface area contributed by atoms with E-state index in [0.29, 0.717) is 24.7 Å². The normalized spacial score (nSPS) is 15.9. The molecule has 1 aromatic carbocycles. The van der Waals surface area contributed by atoms with Crippen LogP contribution in [0.15, 0.2) is 6.07 Å². The van der Waals surface area contributed by atoms with E-state index in [1.807, 2.05) is 0 Å². The average molecular weight is 246 g/mol. The van der Waals surface area contributed by atoms with Crippen molar-refractivity contribution in [2.75, 3.05) is 19.8 Å². The highest BCUT2D eigenvalue weighted by atomic mass is 35.5. The zero-order valence-electron chi connectivity index (χ0n) is 8.44. The summed E-state index contributed by atoms with van der Waals surface area (Å²) < 4.78 is 10.7. The number of aromatic hydroxyl groups is 1. The maximum absolute atomic E-state index is 9.80. The summed E-state index contributed by atoms with van der Waals surface area (Å²) >= 11 is 5.83. The number of halogens is 1. The zero-order chi connectivity index (χ0) is 11.7. The van der Waals surface area contributed by atoms with Crippen LogP contribution in [0.3, 0.4) is 0 Å². The molecule has 0 spiro atoms. The van der Waals surface area contributed by atoms with Crippen LogP contribution in [0.4, 0.5) is 0 Å². The molecule has 0 radical (unpaired) electrons. The lowest BCUT2D eigenvalue weighted by molar-refractivity contribution is 0.166. The minimum atomic E-state index is -0.755. The van der Waals surface area contributed by atoms with Crippen LogP contribution in [0, 0.1) is 0 Å². The molecule has 0 saturated carbocycles. The fourth-order valence-electron chi connectivity index (χ4n) is 1.60. The molecule has 0 aromatic heterocycles. The van der Waals surface area contributed by atoms with Crippen molar-refractivity contribution < 1.29 is 19.7 Å². The van der Waals surface area contributed by atoms with Gasteiger partial charge >= 0.3 is 0 Å². The second kappa shape index (κ2) is 4.37. The average Bonchev–Trinajstić information content (AvgIpc) is 2.30. The third kappa shape index (κ3) is 1.77. The number of hydrogen-bond acceptors (Lipinski definition) is 5. The minimum absolute atomic E-state index is 0.128. The van der Waals surface area contributed by atoms with E-state index in [-0.39, 0.29) is 22.9 Å². The maximum Gasteiger partial charge on any atom is 0.170 e. The van der Waals surface area contributed by atoms with Gasteiger partial charge in [-0.3, -0.25) is 0 Å². The summed E-state index contributed by atoms with van der Waals surface area (Å²) in [7, 11) is 0. The molecule has 4 N–H and O–H groups in total. The topological polar surface area (TPSA) is 84.9 Å². The molecular formula is C10H12ClNO4. The van der Waals surface area contributed by atoms with Crippen molar-refractivity contribution in [3.05, 3.63) is 16.7 Å². The highest BCUT2D eigenvalue weighted by molar-refractivity contribution is 6.32. The molecule has 88 valence electrons. The van der Waals surface area contributed by atoms with Crippen LogP contribution in [-0.2, 0) is 0 Å². The van der Waals surface area contributed by atoms with Crippen LogP contribution in [0.2, 0.25) is 5.02 Å². The standard InChI is InChI=1S/C10H12ClNO4/c11-5-3-7-10(16-2-1-15-7)8(9(5)14)6(12)4-13/h3,6,13-14H,1-2,4,12H2. The van der Waals surface area contributed by atoms with Crippen LogP contribution >= 0.6 is 11.6 Å². The number of aliphatic hydroxyl groups is 1. The minimum Gasteiger partial charge on any atom is -0.506 e. The molecule has 2 rings (SSSR count). The van der Waals surface area contributed by atoms with Gasteiger partial charge in [-0.15, -0.1) is 0 Å². The van der Waals surface area contributed by atoms with E-state index in [4.69, 9.17) is 31.9 Å². The molecule has 6 heteroatoms. The van der Waals surface area contributed by atoms with E-state index in [0.717, 1.165) is 0 Å². The molecule has 0 aliphatic carbocycles. The number of benzene rings is 1. The van der Waals surface area contributed by atoms with E-state index < -0.39 is 6.04 Å². The van der Waals surface area contributed by atoms with E-state index in [2.05, 4.69) is 0 Å². The molecule has 0 bridgehead atoms. The predicted octanol–water partition coefficient (Wildman–Crippen LogP) is 0.809. The molecule has 0 fully saturated rings. The van der Waals surface area contributed by atoms with Crippen LogP contribution in [0.5, 0.6) is 17.2 Å². The summed E-state index contributed by atoms with van der Waals surface area (Å²) in [6.45, 7) is 0.477. The number of nitrogens with two attached hydrogens (primary N) is 1. The Balaban J connectivity index is 2.59. The Hall–Kier alpha value is -1.17. The van der Waals surface area contributed by atoms with Crippen LogP contribution < -0.4 is 15.2 Å². The quantitative estimate of drug-likeness (QED) is 0.718. The van der Waals surface area contributed by atoms with Gasteiger partial charge in [0, 0.05) is 6.07 Å². The molecule has 1 unspecified atom stereocenters. The van der Waals surface area contributed by atoms with Gasteiger partial charge < -0.3 is 25.4 Å². The van der Waals surface area contributed by atoms with E-state index >= 15 is 0 Å². The van der Waals surface area contributed by atoms with Crippen molar-refractivity contribution in [1.29, 1.82) is 0 Å². The fraction of sp³-hybridized carbons (Fsp3) is 0.400. The summed E-state index contributed by atoms with van der Waals surface area (Å²) in [5.74, 6) is 0.620. The molecule has 1 aromatic rings. The van der Waals surface area contributed by atoms with E-state index in [1.165, 1.54) is 6.07 Å². The number of aliphatic hydroxyl groups excluding tert-OH is 1. The maximum atomic E-state index is 9.80. The van der Waals surface area contributed by atoms with Crippen molar-refractivity contribution in [2.45, 2.75) is 6.04 Å². The predicted molar refractivity (Wildman–Crippen MR) is 58.1 cm³/mol. The van der Waals surface area contributed by atoms with Crippen LogP contribution in [0.1, 0.15) is 11.6 Å². The lowest BCUT2D eigenvalue weighted by atomic mass is 10.0. The second-order valence-electron chi connectivity index (χ2n) is 3.43. The molecule has 0 saturated heterocycles. The lowest BCUT2D eigenvalue weighted by Gasteiger charge is -2.24. The van der Waals surface area contributed by atoms with Gasteiger partial charge in [0.05, 0.1) is 23.2 Å². The Bertz CT molecular complexity index is 410. The monoisotopic (exact) mass is 245 g/mol. The van der Waals surface area contributed by atoms with Crippen molar-refractivity contribution in [1.82, 2.24) is 0 Å². The highest BCUT2D eigenvalue weighted by Gasteiger charge is 2.25. The van der Waals surface area contributed by atoms with Crippen molar-refractivity contribution in [3.63, 3.8) is 0 Å². The third-order valence-corrected chi connectivity index (χ3v) is 2.65. The van der Waals surface area contributed by atoms with Crippen molar-refractivity contribution in [3.8, 4) is 17.2 Å². The summed E-state index contributed by atoms with van der Waals surface area (Å²) in [5, 5.41) is 19.0. The van der Waals surface area contributed by atoms with Crippen molar-refractivity contribution >= 4 is 11.6 Å². The smallest absolute Gasteiger partial charge is 0.170 e. The van der Waals surface area contributed by atoms with Crippen molar-refractivity contribution in [2.24, 2.45) is 5.73 Å². The summed E-state index contributed by atoms with van der Waals surface area (Å²) in [6.07, 6.45) is 0. The van der Waals surface area contributed by atoms with Gasteiger partial charge in [-0.25, -0.2) is 0 Å². The second-order valence-corrected chi connectivity index (χ2v) is 3.84. The number of hydrogen-bond donors (Lipinski definition) is 3. The number of fused-ring (bicyclic) bond motifs is 1. The molecular weight excluding hydrogens is 234 g/mol. The van der Waals surface area contributed by atoms with Gasteiger partial charge in [0.1, 0.15) is 19.0 Å². The molecule has 1 aliphatic heterocycles. The summed E-state index contributed by atoms with van der Waals surface area (Å²) in [4.78, 5) is 0. The van der Waals surface area contributed by atoms with Crippen LogP contribution in [-0.4, -0.2) is 30.0 Å².